The average molecular weight is 327 g/mol. The lowest BCUT2D eigenvalue weighted by Gasteiger charge is -2.41. The zero-order valence-electron chi connectivity index (χ0n) is 15.9. The third-order valence-electron chi connectivity index (χ3n) is 4.44. The van der Waals surface area contributed by atoms with Crippen molar-refractivity contribution in [2.75, 3.05) is 7.11 Å². The molecule has 0 bridgehead atoms. The van der Waals surface area contributed by atoms with Crippen molar-refractivity contribution in [3.05, 3.63) is 0 Å². The molecule has 2 unspecified atom stereocenters. The first-order valence-corrected chi connectivity index (χ1v) is 8.36. The van der Waals surface area contributed by atoms with E-state index in [-0.39, 0.29) is 23.6 Å². The molecule has 0 spiro atoms. The molecule has 23 heavy (non-hydrogen) atoms. The van der Waals surface area contributed by atoms with Gasteiger partial charge in [0.15, 0.2) is 0 Å². The molecule has 0 aliphatic carbocycles. The molecule has 1 aliphatic rings. The lowest BCUT2D eigenvalue weighted by atomic mass is 9.75. The molecule has 0 saturated carbocycles. The van der Waals surface area contributed by atoms with Crippen molar-refractivity contribution >= 4 is 11.9 Å². The molecule has 134 valence electrons. The van der Waals surface area contributed by atoms with Crippen LogP contribution in [0.1, 0.15) is 67.7 Å². The Hall–Kier alpha value is -1.10. The number of ether oxygens (including phenoxy) is 2. The predicted molar refractivity (Wildman–Crippen MR) is 90.0 cm³/mol. The van der Waals surface area contributed by atoms with Gasteiger partial charge in [-0.25, -0.2) is 0 Å². The summed E-state index contributed by atoms with van der Waals surface area (Å²) in [5.41, 5.74) is -1.51. The first kappa shape index (κ1) is 19.9. The van der Waals surface area contributed by atoms with Gasteiger partial charge in [0.05, 0.1) is 17.9 Å². The smallest absolute Gasteiger partial charge is 0.311 e. The highest BCUT2D eigenvalue weighted by Gasteiger charge is 2.42. The minimum absolute atomic E-state index is 0.0436. The van der Waals surface area contributed by atoms with Crippen LogP contribution in [0.4, 0.5) is 0 Å². The lowest BCUT2D eigenvalue weighted by Crippen LogP contribution is -2.54. The van der Waals surface area contributed by atoms with Gasteiger partial charge >= 0.3 is 11.9 Å². The van der Waals surface area contributed by atoms with Gasteiger partial charge in [0.1, 0.15) is 6.10 Å². The fourth-order valence-electron chi connectivity index (χ4n) is 3.76. The molecule has 1 heterocycles. The minimum Gasteiger partial charge on any atom is -0.469 e. The molecule has 1 saturated heterocycles. The van der Waals surface area contributed by atoms with E-state index in [0.717, 1.165) is 12.8 Å². The highest BCUT2D eigenvalue weighted by atomic mass is 16.5. The van der Waals surface area contributed by atoms with E-state index >= 15 is 0 Å². The van der Waals surface area contributed by atoms with Gasteiger partial charge in [0, 0.05) is 18.0 Å². The Balaban J connectivity index is 2.74. The summed E-state index contributed by atoms with van der Waals surface area (Å²) in [5, 5.41) is 3.51. The predicted octanol–water partition coefficient (Wildman–Crippen LogP) is 3.06. The molecule has 1 N–H and O–H groups in total. The molecular formula is C18H33NO4. The second-order valence-corrected chi connectivity index (χ2v) is 8.83. The van der Waals surface area contributed by atoms with Gasteiger partial charge < -0.3 is 14.8 Å². The first-order chi connectivity index (χ1) is 10.3. The summed E-state index contributed by atoms with van der Waals surface area (Å²) in [6.45, 7) is 13.6. The van der Waals surface area contributed by atoms with E-state index in [0.29, 0.717) is 12.5 Å². The van der Waals surface area contributed by atoms with Crippen molar-refractivity contribution in [1.82, 2.24) is 5.32 Å². The molecular weight excluding hydrogens is 294 g/mol. The standard InChI is InChI=1S/C18H33NO4/c1-12-9-13(10-18(6,7)19-12)23-15(21)17(4,5)11-16(2,3)14(20)22-8/h12-13,19H,9-11H2,1-8H3. The highest BCUT2D eigenvalue weighted by Crippen LogP contribution is 2.36. The van der Waals surface area contributed by atoms with Gasteiger partial charge in [-0.1, -0.05) is 0 Å². The summed E-state index contributed by atoms with van der Waals surface area (Å²) >= 11 is 0. The zero-order chi connectivity index (χ0) is 18.1. The Kier molecular flexibility index (Phi) is 5.89. The molecule has 0 aromatic rings. The van der Waals surface area contributed by atoms with Crippen molar-refractivity contribution in [1.29, 1.82) is 0 Å². The van der Waals surface area contributed by atoms with Crippen LogP contribution in [0, 0.1) is 10.8 Å². The monoisotopic (exact) mass is 327 g/mol. The molecule has 0 aromatic heterocycles. The number of hydrogen-bond donors (Lipinski definition) is 1. The summed E-state index contributed by atoms with van der Waals surface area (Å²) in [6.07, 6.45) is 1.90. The third kappa shape index (κ3) is 5.48. The fraction of sp³-hybridized carbons (Fsp3) is 0.889. The minimum atomic E-state index is -0.740. The quantitative estimate of drug-likeness (QED) is 0.786. The number of nitrogens with one attached hydrogen (secondary N) is 1. The molecule has 0 radical (unpaired) electrons. The van der Waals surface area contributed by atoms with Gasteiger partial charge in [0.2, 0.25) is 0 Å². The topological polar surface area (TPSA) is 64.6 Å². The van der Waals surface area contributed by atoms with E-state index in [9.17, 15) is 9.59 Å². The fourth-order valence-corrected chi connectivity index (χ4v) is 3.76. The van der Waals surface area contributed by atoms with Crippen LogP contribution in [0.5, 0.6) is 0 Å². The molecule has 5 nitrogen and oxygen atoms in total. The zero-order valence-corrected chi connectivity index (χ0v) is 15.9. The Morgan fingerprint density at radius 3 is 2.13 bits per heavy atom. The van der Waals surface area contributed by atoms with E-state index in [1.54, 1.807) is 13.8 Å². The van der Waals surface area contributed by atoms with Crippen LogP contribution in [0.3, 0.4) is 0 Å². The van der Waals surface area contributed by atoms with Crippen LogP contribution in [0.25, 0.3) is 0 Å². The van der Waals surface area contributed by atoms with Gasteiger partial charge in [-0.2, -0.15) is 0 Å². The number of methoxy groups -OCH3 is 1. The molecule has 5 heteroatoms. The van der Waals surface area contributed by atoms with Crippen LogP contribution >= 0.6 is 0 Å². The highest BCUT2D eigenvalue weighted by molar-refractivity contribution is 5.80. The van der Waals surface area contributed by atoms with Gasteiger partial charge in [-0.3, -0.25) is 9.59 Å². The third-order valence-corrected chi connectivity index (χ3v) is 4.44. The van der Waals surface area contributed by atoms with Crippen molar-refractivity contribution in [3.63, 3.8) is 0 Å². The second-order valence-electron chi connectivity index (χ2n) is 8.83. The van der Waals surface area contributed by atoms with E-state index in [1.165, 1.54) is 7.11 Å². The normalized spacial score (nSPS) is 24.9. The molecule has 0 amide bonds. The van der Waals surface area contributed by atoms with Crippen LogP contribution < -0.4 is 5.32 Å². The number of rotatable bonds is 5. The van der Waals surface area contributed by atoms with Crippen molar-refractivity contribution < 1.29 is 19.1 Å². The Bertz CT molecular complexity index is 454. The molecule has 2 atom stereocenters. The summed E-state index contributed by atoms with van der Waals surface area (Å²) in [4.78, 5) is 24.5. The van der Waals surface area contributed by atoms with E-state index in [2.05, 4.69) is 26.1 Å². The van der Waals surface area contributed by atoms with Gasteiger partial charge in [0.25, 0.3) is 0 Å². The van der Waals surface area contributed by atoms with Crippen LogP contribution in [-0.4, -0.2) is 36.7 Å². The van der Waals surface area contributed by atoms with Crippen LogP contribution in [-0.2, 0) is 19.1 Å². The maximum absolute atomic E-state index is 12.6. The lowest BCUT2D eigenvalue weighted by molar-refractivity contribution is -0.166. The summed E-state index contributed by atoms with van der Waals surface area (Å²) in [6, 6.07) is 0.311. The number of hydrogen-bond acceptors (Lipinski definition) is 5. The molecule has 1 rings (SSSR count). The van der Waals surface area contributed by atoms with Crippen molar-refractivity contribution in [2.24, 2.45) is 10.8 Å². The maximum atomic E-state index is 12.6. The van der Waals surface area contributed by atoms with Crippen molar-refractivity contribution in [3.8, 4) is 0 Å². The summed E-state index contributed by atoms with van der Waals surface area (Å²) < 4.78 is 10.6. The molecule has 0 aromatic carbocycles. The second kappa shape index (κ2) is 6.80. The molecule has 1 aliphatic heterocycles. The maximum Gasteiger partial charge on any atom is 0.311 e. The van der Waals surface area contributed by atoms with E-state index < -0.39 is 10.8 Å². The number of carbonyl (C=O) groups is 2. The van der Waals surface area contributed by atoms with E-state index in [4.69, 9.17) is 9.47 Å². The van der Waals surface area contributed by atoms with Gasteiger partial charge in [-0.05, 0) is 61.3 Å². The first-order valence-electron chi connectivity index (χ1n) is 8.36. The van der Waals surface area contributed by atoms with Crippen molar-refractivity contribution in [2.45, 2.75) is 85.4 Å². The number of esters is 2. The summed E-state index contributed by atoms with van der Waals surface area (Å²) in [7, 11) is 1.37. The summed E-state index contributed by atoms with van der Waals surface area (Å²) in [5.74, 6) is -0.556. The van der Waals surface area contributed by atoms with E-state index in [1.807, 2.05) is 13.8 Å². The average Bonchev–Trinajstić information content (AvgIpc) is 2.33. The Labute approximate surface area is 140 Å². The largest absolute Gasteiger partial charge is 0.469 e. The SMILES string of the molecule is COC(=O)C(C)(C)CC(C)(C)C(=O)OC1CC(C)NC(C)(C)C1. The Morgan fingerprint density at radius 1 is 1.13 bits per heavy atom. The molecule has 1 fully saturated rings. The van der Waals surface area contributed by atoms with Gasteiger partial charge in [-0.15, -0.1) is 0 Å². The Morgan fingerprint density at radius 2 is 1.65 bits per heavy atom. The number of carbonyl (C=O) groups excluding carboxylic acids is 2. The van der Waals surface area contributed by atoms with Crippen LogP contribution in [0.2, 0.25) is 0 Å². The number of piperidine rings is 1. The van der Waals surface area contributed by atoms with Crippen LogP contribution in [0.15, 0.2) is 0 Å².